The molecular weight excluding hydrogens is 221 g/mol. The van der Waals surface area contributed by atoms with Crippen molar-refractivity contribution in [3.63, 3.8) is 0 Å². The molecule has 1 aromatic heterocycles. The molecule has 0 bridgehead atoms. The monoisotopic (exact) mass is 234 g/mol. The van der Waals surface area contributed by atoms with Gasteiger partial charge in [0.2, 0.25) is 0 Å². The Morgan fingerprint density at radius 1 is 1.31 bits per heavy atom. The minimum Gasteiger partial charge on any atom is -0.293 e. The summed E-state index contributed by atoms with van der Waals surface area (Å²) in [6.07, 6.45) is -4.51. The van der Waals surface area contributed by atoms with Crippen molar-refractivity contribution in [2.24, 2.45) is 0 Å². The smallest absolute Gasteiger partial charge is 0.293 e. The predicted octanol–water partition coefficient (Wildman–Crippen LogP) is 2.86. The van der Waals surface area contributed by atoms with Crippen molar-refractivity contribution in [1.29, 1.82) is 0 Å². The van der Waals surface area contributed by atoms with Crippen LogP contribution in [0.15, 0.2) is 6.07 Å². The van der Waals surface area contributed by atoms with Crippen molar-refractivity contribution in [1.82, 2.24) is 9.78 Å². The highest BCUT2D eigenvalue weighted by atomic mass is 19.4. The number of ketones is 1. The molecule has 0 amide bonds. The number of hydrogen-bond donors (Lipinski definition) is 0. The molecule has 0 saturated heterocycles. The van der Waals surface area contributed by atoms with E-state index in [1.165, 1.54) is 6.92 Å². The van der Waals surface area contributed by atoms with Crippen LogP contribution in [-0.2, 0) is 11.7 Å². The van der Waals surface area contributed by atoms with Crippen LogP contribution in [-0.4, -0.2) is 15.6 Å². The Bertz CT molecular complexity index is 381. The average Bonchev–Trinajstić information content (AvgIpc) is 2.44. The highest BCUT2D eigenvalue weighted by molar-refractivity contribution is 5.92. The number of rotatable bonds is 1. The average molecular weight is 234 g/mol. The molecule has 0 fully saturated rings. The molecule has 6 heteroatoms. The zero-order valence-corrected chi connectivity index (χ0v) is 9.51. The topological polar surface area (TPSA) is 34.9 Å². The summed E-state index contributed by atoms with van der Waals surface area (Å²) >= 11 is 0. The summed E-state index contributed by atoms with van der Waals surface area (Å²) in [5.41, 5.74) is -1.88. The van der Waals surface area contributed by atoms with Gasteiger partial charge in [-0.05, 0) is 26.8 Å². The second kappa shape index (κ2) is 3.61. The van der Waals surface area contributed by atoms with Gasteiger partial charge in [-0.1, -0.05) is 0 Å². The Labute approximate surface area is 91.3 Å². The second-order valence-electron chi connectivity index (χ2n) is 4.55. The van der Waals surface area contributed by atoms with Crippen LogP contribution in [0.5, 0.6) is 0 Å². The summed E-state index contributed by atoms with van der Waals surface area (Å²) in [7, 11) is 0. The van der Waals surface area contributed by atoms with Crippen molar-refractivity contribution in [3.8, 4) is 0 Å². The molecule has 0 N–H and O–H groups in total. The van der Waals surface area contributed by atoms with Gasteiger partial charge >= 0.3 is 6.18 Å². The Morgan fingerprint density at radius 2 is 1.81 bits per heavy atom. The third-order valence-electron chi connectivity index (χ3n) is 2.00. The van der Waals surface area contributed by atoms with E-state index in [9.17, 15) is 18.0 Å². The Hall–Kier alpha value is -1.33. The highest BCUT2D eigenvalue weighted by Gasteiger charge is 2.38. The van der Waals surface area contributed by atoms with Crippen LogP contribution in [0.3, 0.4) is 0 Å². The highest BCUT2D eigenvalue weighted by Crippen LogP contribution is 2.32. The maximum absolute atomic E-state index is 12.7. The molecule has 1 aromatic rings. The van der Waals surface area contributed by atoms with Crippen LogP contribution >= 0.6 is 0 Å². The quantitative estimate of drug-likeness (QED) is 0.700. The summed E-state index contributed by atoms with van der Waals surface area (Å²) in [5, 5.41) is 3.69. The first-order valence-corrected chi connectivity index (χ1v) is 4.72. The Balaban J connectivity index is 3.41. The first-order chi connectivity index (χ1) is 7.03. The summed E-state index contributed by atoms with van der Waals surface area (Å²) in [4.78, 5) is 11.0. The van der Waals surface area contributed by atoms with Gasteiger partial charge in [-0.25, -0.2) is 0 Å². The number of Topliss-reactive ketones (excluding diaryl/α,β-unsaturated/α-hetero) is 1. The summed E-state index contributed by atoms with van der Waals surface area (Å²) in [6.45, 7) is 5.98. The molecule has 0 aliphatic carbocycles. The van der Waals surface area contributed by atoms with Crippen LogP contribution in [0, 0.1) is 0 Å². The van der Waals surface area contributed by atoms with Gasteiger partial charge in [-0.2, -0.15) is 18.3 Å². The van der Waals surface area contributed by atoms with Gasteiger partial charge in [-0.3, -0.25) is 9.48 Å². The van der Waals surface area contributed by atoms with Gasteiger partial charge in [0.05, 0.1) is 5.54 Å². The van der Waals surface area contributed by atoms with E-state index in [1.54, 1.807) is 20.8 Å². The molecule has 0 aliphatic rings. The molecule has 0 aromatic carbocycles. The van der Waals surface area contributed by atoms with Crippen molar-refractivity contribution in [2.45, 2.75) is 39.4 Å². The fraction of sp³-hybridized carbons (Fsp3) is 0.600. The lowest BCUT2D eigenvalue weighted by molar-refractivity contribution is -0.146. The molecule has 0 saturated carbocycles. The number of hydrogen-bond acceptors (Lipinski definition) is 2. The summed E-state index contributed by atoms with van der Waals surface area (Å²) in [6, 6.07) is 0.785. The lowest BCUT2D eigenvalue weighted by atomic mass is 10.1. The van der Waals surface area contributed by atoms with E-state index in [1.807, 2.05) is 0 Å². The molecule has 0 unspecified atom stereocenters. The summed E-state index contributed by atoms with van der Waals surface area (Å²) < 4.78 is 38.9. The van der Waals surface area contributed by atoms with Crippen molar-refractivity contribution >= 4 is 5.78 Å². The van der Waals surface area contributed by atoms with E-state index in [4.69, 9.17) is 0 Å². The lowest BCUT2D eigenvalue weighted by Crippen LogP contribution is -2.28. The number of aromatic nitrogens is 2. The van der Waals surface area contributed by atoms with E-state index in [0.717, 1.165) is 10.7 Å². The van der Waals surface area contributed by atoms with Crippen LogP contribution in [0.25, 0.3) is 0 Å². The molecular formula is C10H13F3N2O. The number of alkyl halides is 3. The van der Waals surface area contributed by atoms with Crippen molar-refractivity contribution in [3.05, 3.63) is 17.5 Å². The largest absolute Gasteiger partial charge is 0.433 e. The Morgan fingerprint density at radius 3 is 2.06 bits per heavy atom. The Kier molecular flexibility index (Phi) is 2.87. The lowest BCUT2D eigenvalue weighted by Gasteiger charge is -2.23. The maximum Gasteiger partial charge on any atom is 0.433 e. The van der Waals surface area contributed by atoms with Gasteiger partial charge in [-0.15, -0.1) is 0 Å². The van der Waals surface area contributed by atoms with Crippen molar-refractivity contribution in [2.75, 3.05) is 0 Å². The molecule has 0 spiro atoms. The van der Waals surface area contributed by atoms with E-state index >= 15 is 0 Å². The third kappa shape index (κ3) is 2.43. The third-order valence-corrected chi connectivity index (χ3v) is 2.00. The van der Waals surface area contributed by atoms with Gasteiger partial charge < -0.3 is 0 Å². The molecule has 1 heterocycles. The normalized spacial score (nSPS) is 12.9. The molecule has 16 heavy (non-hydrogen) atoms. The van der Waals surface area contributed by atoms with Gasteiger partial charge in [0, 0.05) is 6.92 Å². The van der Waals surface area contributed by atoms with Gasteiger partial charge in [0.1, 0.15) is 11.4 Å². The molecule has 0 aliphatic heterocycles. The van der Waals surface area contributed by atoms with Crippen LogP contribution in [0.2, 0.25) is 0 Å². The number of halogens is 3. The fourth-order valence-corrected chi connectivity index (χ4v) is 1.27. The van der Waals surface area contributed by atoms with E-state index in [0.29, 0.717) is 0 Å². The van der Waals surface area contributed by atoms with Crippen LogP contribution in [0.4, 0.5) is 13.2 Å². The predicted molar refractivity (Wildman–Crippen MR) is 52.2 cm³/mol. The van der Waals surface area contributed by atoms with Crippen LogP contribution < -0.4 is 0 Å². The van der Waals surface area contributed by atoms with Gasteiger partial charge in [0.15, 0.2) is 5.78 Å². The van der Waals surface area contributed by atoms with Gasteiger partial charge in [0.25, 0.3) is 0 Å². The van der Waals surface area contributed by atoms with E-state index in [2.05, 4.69) is 5.10 Å². The second-order valence-corrected chi connectivity index (χ2v) is 4.55. The molecule has 90 valence electrons. The molecule has 0 radical (unpaired) electrons. The van der Waals surface area contributed by atoms with E-state index in [-0.39, 0.29) is 5.69 Å². The zero-order chi connectivity index (χ0) is 12.7. The fourth-order valence-electron chi connectivity index (χ4n) is 1.27. The molecule has 1 rings (SSSR count). The maximum atomic E-state index is 12.7. The molecule has 3 nitrogen and oxygen atoms in total. The number of carbonyl (C=O) groups is 1. The minimum atomic E-state index is -4.51. The number of carbonyl (C=O) groups excluding carboxylic acids is 1. The zero-order valence-electron chi connectivity index (χ0n) is 9.51. The van der Waals surface area contributed by atoms with E-state index < -0.39 is 23.2 Å². The standard InChI is InChI=1S/C10H13F3N2O/c1-6(16)7-5-8(10(11,12)13)15(14-7)9(2,3)4/h5H,1-4H3. The van der Waals surface area contributed by atoms with Crippen molar-refractivity contribution < 1.29 is 18.0 Å². The summed E-state index contributed by atoms with van der Waals surface area (Å²) in [5.74, 6) is -0.478. The molecule has 0 atom stereocenters. The first kappa shape index (κ1) is 12.7. The number of nitrogens with zero attached hydrogens (tertiary/aromatic N) is 2. The minimum absolute atomic E-state index is 0.165. The first-order valence-electron chi connectivity index (χ1n) is 4.72. The SMILES string of the molecule is CC(=O)c1cc(C(F)(F)F)n(C(C)(C)C)n1. The van der Waals surface area contributed by atoms with Crippen LogP contribution in [0.1, 0.15) is 43.9 Å².